The highest BCUT2D eigenvalue weighted by atomic mass is 19.1. The summed E-state index contributed by atoms with van der Waals surface area (Å²) < 4.78 is 12.8. The second-order valence-electron chi connectivity index (χ2n) is 4.00. The van der Waals surface area contributed by atoms with E-state index in [1.165, 1.54) is 24.8 Å². The molecule has 0 spiro atoms. The van der Waals surface area contributed by atoms with Crippen LogP contribution in [0.5, 0.6) is 0 Å². The number of likely N-dealkylation sites (N-methyl/N-ethyl adjacent to an activating group) is 1. The van der Waals surface area contributed by atoms with Crippen molar-refractivity contribution in [3.63, 3.8) is 0 Å². The van der Waals surface area contributed by atoms with E-state index in [2.05, 4.69) is 4.98 Å². The molecule has 0 bridgehead atoms. The van der Waals surface area contributed by atoms with Gasteiger partial charge < -0.3 is 10.0 Å². The summed E-state index contributed by atoms with van der Waals surface area (Å²) in [6.45, 7) is 4.55. The molecule has 0 saturated heterocycles. The van der Waals surface area contributed by atoms with Gasteiger partial charge in [0.15, 0.2) is 5.54 Å². The van der Waals surface area contributed by atoms with Gasteiger partial charge >= 0.3 is 5.97 Å². The van der Waals surface area contributed by atoms with Gasteiger partial charge in [0.05, 0.1) is 11.9 Å². The smallest absolute Gasteiger partial charge is 0.335 e. The number of hydrogen-bond donors (Lipinski definition) is 1. The topological polar surface area (TPSA) is 70.5 Å². The van der Waals surface area contributed by atoms with E-state index in [4.69, 9.17) is 0 Å². The molecule has 1 rings (SSSR count). The van der Waals surface area contributed by atoms with Crippen LogP contribution in [-0.4, -0.2) is 33.4 Å². The molecule has 0 aliphatic carbocycles. The fourth-order valence-electron chi connectivity index (χ4n) is 1.88. The molecular formula is C12H15FN2O3. The third kappa shape index (κ3) is 2.32. The van der Waals surface area contributed by atoms with Crippen LogP contribution in [0.1, 0.15) is 26.5 Å². The Morgan fingerprint density at radius 1 is 1.50 bits per heavy atom. The summed E-state index contributed by atoms with van der Waals surface area (Å²) in [7, 11) is 0. The first-order chi connectivity index (χ1) is 8.33. The average molecular weight is 254 g/mol. The van der Waals surface area contributed by atoms with Crippen molar-refractivity contribution in [2.75, 3.05) is 6.54 Å². The van der Waals surface area contributed by atoms with Crippen LogP contribution in [0.15, 0.2) is 18.3 Å². The van der Waals surface area contributed by atoms with E-state index in [-0.39, 0.29) is 18.1 Å². The number of pyridine rings is 1. The summed E-state index contributed by atoms with van der Waals surface area (Å²) >= 11 is 0. The number of amides is 1. The fourth-order valence-corrected chi connectivity index (χ4v) is 1.88. The van der Waals surface area contributed by atoms with Crippen LogP contribution in [0, 0.1) is 5.82 Å². The molecule has 1 unspecified atom stereocenters. The zero-order valence-corrected chi connectivity index (χ0v) is 10.5. The number of aromatic nitrogens is 1. The summed E-state index contributed by atoms with van der Waals surface area (Å²) in [6, 6.07) is 2.40. The summed E-state index contributed by atoms with van der Waals surface area (Å²) in [5.41, 5.74) is -1.48. The van der Waals surface area contributed by atoms with Crippen LogP contribution in [0.3, 0.4) is 0 Å². The number of nitrogens with zero attached hydrogens (tertiary/aromatic N) is 2. The monoisotopic (exact) mass is 254 g/mol. The standard InChI is InChI=1S/C12H15FN2O3/c1-4-15(8(2)16)12(3,11(17)18)10-6-5-9(13)7-14-10/h5-7H,4H2,1-3H3,(H,17,18). The molecular weight excluding hydrogens is 239 g/mol. The zero-order chi connectivity index (χ0) is 13.9. The molecule has 1 heterocycles. The first kappa shape index (κ1) is 14.1. The molecule has 1 amide bonds. The van der Waals surface area contributed by atoms with E-state index in [0.29, 0.717) is 0 Å². The lowest BCUT2D eigenvalue weighted by Gasteiger charge is -2.36. The number of rotatable bonds is 4. The number of halogens is 1. The van der Waals surface area contributed by atoms with Crippen LogP contribution in [0.4, 0.5) is 4.39 Å². The lowest BCUT2D eigenvalue weighted by atomic mass is 9.94. The van der Waals surface area contributed by atoms with Crippen molar-refractivity contribution >= 4 is 11.9 Å². The van der Waals surface area contributed by atoms with Crippen LogP contribution in [0.25, 0.3) is 0 Å². The summed E-state index contributed by atoms with van der Waals surface area (Å²) in [4.78, 5) is 28.0. The lowest BCUT2D eigenvalue weighted by Crippen LogP contribution is -2.52. The predicted molar refractivity (Wildman–Crippen MR) is 62.2 cm³/mol. The summed E-state index contributed by atoms with van der Waals surface area (Å²) in [6.07, 6.45) is 0.935. The molecule has 18 heavy (non-hydrogen) atoms. The second-order valence-corrected chi connectivity index (χ2v) is 4.00. The van der Waals surface area contributed by atoms with E-state index in [0.717, 1.165) is 12.3 Å². The van der Waals surface area contributed by atoms with Crippen molar-refractivity contribution in [3.05, 3.63) is 29.8 Å². The first-order valence-electron chi connectivity index (χ1n) is 5.47. The minimum absolute atomic E-state index is 0.119. The number of carboxylic acid groups (broad SMARTS) is 1. The molecule has 6 heteroatoms. The fraction of sp³-hybridized carbons (Fsp3) is 0.417. The summed E-state index contributed by atoms with van der Waals surface area (Å²) in [5.74, 6) is -2.15. The van der Waals surface area contributed by atoms with Gasteiger partial charge in [-0.2, -0.15) is 0 Å². The molecule has 0 aliphatic rings. The highest BCUT2D eigenvalue weighted by Gasteiger charge is 2.43. The molecule has 5 nitrogen and oxygen atoms in total. The highest BCUT2D eigenvalue weighted by Crippen LogP contribution is 2.27. The molecule has 0 radical (unpaired) electrons. The summed E-state index contributed by atoms with van der Waals surface area (Å²) in [5, 5.41) is 9.38. The van der Waals surface area contributed by atoms with Gasteiger partial charge in [-0.15, -0.1) is 0 Å². The second kappa shape index (κ2) is 5.12. The van der Waals surface area contributed by atoms with Gasteiger partial charge in [0.1, 0.15) is 5.82 Å². The normalized spacial score (nSPS) is 13.8. The maximum atomic E-state index is 12.8. The number of carbonyl (C=O) groups is 2. The van der Waals surface area contributed by atoms with Crippen LogP contribution in [-0.2, 0) is 15.1 Å². The van der Waals surface area contributed by atoms with E-state index >= 15 is 0 Å². The highest BCUT2D eigenvalue weighted by molar-refractivity contribution is 5.86. The Hall–Kier alpha value is -1.98. The van der Waals surface area contributed by atoms with Crippen LogP contribution in [0.2, 0.25) is 0 Å². The Morgan fingerprint density at radius 2 is 2.11 bits per heavy atom. The van der Waals surface area contributed by atoms with Crippen molar-refractivity contribution in [2.24, 2.45) is 0 Å². The molecule has 0 aromatic carbocycles. The van der Waals surface area contributed by atoms with Crippen molar-refractivity contribution in [2.45, 2.75) is 26.3 Å². The molecule has 98 valence electrons. The Kier molecular flexibility index (Phi) is 4.00. The Bertz CT molecular complexity index is 461. The largest absolute Gasteiger partial charge is 0.479 e. The lowest BCUT2D eigenvalue weighted by molar-refractivity contribution is -0.158. The zero-order valence-electron chi connectivity index (χ0n) is 10.5. The van der Waals surface area contributed by atoms with Gasteiger partial charge in [-0.05, 0) is 26.0 Å². The third-order valence-corrected chi connectivity index (χ3v) is 2.88. The van der Waals surface area contributed by atoms with Crippen molar-refractivity contribution < 1.29 is 19.1 Å². The van der Waals surface area contributed by atoms with Crippen molar-refractivity contribution in [3.8, 4) is 0 Å². The third-order valence-electron chi connectivity index (χ3n) is 2.88. The van der Waals surface area contributed by atoms with Crippen LogP contribution >= 0.6 is 0 Å². The first-order valence-corrected chi connectivity index (χ1v) is 5.47. The Morgan fingerprint density at radius 3 is 2.44 bits per heavy atom. The quantitative estimate of drug-likeness (QED) is 0.881. The SMILES string of the molecule is CCN(C(C)=O)C(C)(C(=O)O)c1ccc(F)cn1. The molecule has 0 saturated carbocycles. The average Bonchev–Trinajstić information content (AvgIpc) is 2.29. The van der Waals surface area contributed by atoms with Gasteiger partial charge in [0, 0.05) is 13.5 Å². The predicted octanol–water partition coefficient (Wildman–Crippen LogP) is 1.39. The molecule has 0 aliphatic heterocycles. The van der Waals surface area contributed by atoms with Crippen molar-refractivity contribution in [1.29, 1.82) is 0 Å². The van der Waals surface area contributed by atoms with Crippen LogP contribution < -0.4 is 0 Å². The minimum Gasteiger partial charge on any atom is -0.479 e. The maximum Gasteiger partial charge on any atom is 0.335 e. The van der Waals surface area contributed by atoms with Gasteiger partial charge in [0.2, 0.25) is 5.91 Å². The van der Waals surface area contributed by atoms with Gasteiger partial charge in [-0.3, -0.25) is 9.78 Å². The Balaban J connectivity index is 3.35. The van der Waals surface area contributed by atoms with E-state index in [9.17, 15) is 19.1 Å². The number of hydrogen-bond acceptors (Lipinski definition) is 3. The van der Waals surface area contributed by atoms with E-state index in [1.807, 2.05) is 0 Å². The minimum atomic E-state index is -1.60. The molecule has 1 N–H and O–H groups in total. The number of carbonyl (C=O) groups excluding carboxylic acids is 1. The number of carboxylic acids is 1. The van der Waals surface area contributed by atoms with Gasteiger partial charge in [-0.1, -0.05) is 0 Å². The van der Waals surface area contributed by atoms with Gasteiger partial charge in [0.25, 0.3) is 0 Å². The van der Waals surface area contributed by atoms with Crippen molar-refractivity contribution in [1.82, 2.24) is 9.88 Å². The number of aliphatic carboxylic acids is 1. The van der Waals surface area contributed by atoms with Gasteiger partial charge in [-0.25, -0.2) is 9.18 Å². The molecule has 1 aromatic heterocycles. The maximum absolute atomic E-state index is 12.8. The molecule has 0 fully saturated rings. The van der Waals surface area contributed by atoms with E-state index < -0.39 is 17.3 Å². The molecule has 1 aromatic rings. The molecule has 1 atom stereocenters. The Labute approximate surface area is 104 Å². The van der Waals surface area contributed by atoms with E-state index in [1.54, 1.807) is 6.92 Å².